The second-order valence-corrected chi connectivity index (χ2v) is 6.08. The molecule has 1 aromatic rings. The lowest BCUT2D eigenvalue weighted by atomic mass is 9.95. The Morgan fingerprint density at radius 2 is 1.95 bits per heavy atom. The third-order valence-corrected chi connectivity index (χ3v) is 4.33. The highest BCUT2D eigenvalue weighted by atomic mass is 15.2. The molecule has 3 nitrogen and oxygen atoms in total. The van der Waals surface area contributed by atoms with Crippen molar-refractivity contribution in [3.63, 3.8) is 0 Å². The molecule has 19 heavy (non-hydrogen) atoms. The zero-order valence-corrected chi connectivity index (χ0v) is 12.4. The predicted octanol–water partition coefficient (Wildman–Crippen LogP) is 2.15. The molecule has 3 N–H and O–H groups in total. The van der Waals surface area contributed by atoms with Gasteiger partial charge in [0.15, 0.2) is 0 Å². The lowest BCUT2D eigenvalue weighted by Crippen LogP contribution is -2.54. The number of nitrogens with one attached hydrogen (secondary N) is 1. The lowest BCUT2D eigenvalue weighted by Gasteiger charge is -2.33. The fraction of sp³-hybridized carbons (Fsp3) is 0.625. The largest absolute Gasteiger partial charge is 0.329 e. The summed E-state index contributed by atoms with van der Waals surface area (Å²) in [7, 11) is 0. The van der Waals surface area contributed by atoms with E-state index in [1.54, 1.807) is 0 Å². The van der Waals surface area contributed by atoms with Gasteiger partial charge in [0.05, 0.1) is 0 Å². The van der Waals surface area contributed by atoms with Crippen molar-refractivity contribution < 1.29 is 0 Å². The van der Waals surface area contributed by atoms with Gasteiger partial charge < -0.3 is 11.1 Å². The summed E-state index contributed by atoms with van der Waals surface area (Å²) in [6, 6.07) is 11.5. The monoisotopic (exact) mass is 261 g/mol. The van der Waals surface area contributed by atoms with Gasteiger partial charge in [0.2, 0.25) is 0 Å². The minimum atomic E-state index is 0.0690. The first-order chi connectivity index (χ1) is 9.06. The average Bonchev–Trinajstić information content (AvgIpc) is 2.85. The maximum atomic E-state index is 6.07. The van der Waals surface area contributed by atoms with Gasteiger partial charge in [0.25, 0.3) is 0 Å². The molecule has 0 aromatic heterocycles. The van der Waals surface area contributed by atoms with Gasteiger partial charge in [-0.25, -0.2) is 0 Å². The van der Waals surface area contributed by atoms with Gasteiger partial charge in [-0.15, -0.1) is 0 Å². The zero-order chi connectivity index (χ0) is 13.9. The van der Waals surface area contributed by atoms with Gasteiger partial charge in [-0.1, -0.05) is 30.3 Å². The molecule has 106 valence electrons. The Morgan fingerprint density at radius 1 is 1.26 bits per heavy atom. The van der Waals surface area contributed by atoms with E-state index < -0.39 is 0 Å². The van der Waals surface area contributed by atoms with Crippen LogP contribution in [0.1, 0.15) is 38.8 Å². The predicted molar refractivity (Wildman–Crippen MR) is 81.1 cm³/mol. The Hall–Kier alpha value is -0.900. The number of nitrogens with two attached hydrogens (primary N) is 1. The molecule has 0 amide bonds. The van der Waals surface area contributed by atoms with Crippen LogP contribution in [0.15, 0.2) is 30.3 Å². The molecule has 0 bridgehead atoms. The number of benzene rings is 1. The Labute approximate surface area is 117 Å². The third-order valence-electron chi connectivity index (χ3n) is 4.33. The van der Waals surface area contributed by atoms with Gasteiger partial charge in [0, 0.05) is 37.3 Å². The molecule has 0 radical (unpaired) electrons. The van der Waals surface area contributed by atoms with Gasteiger partial charge in [-0.2, -0.15) is 0 Å². The summed E-state index contributed by atoms with van der Waals surface area (Å²) in [5.74, 6) is 0. The van der Waals surface area contributed by atoms with E-state index in [1.807, 2.05) is 0 Å². The van der Waals surface area contributed by atoms with E-state index in [0.717, 1.165) is 19.5 Å². The standard InChI is InChI=1S/C16H27N3/c1-13(2)19-10-9-16(11-17,12-19)18-14(3)15-7-5-4-6-8-15/h4-8,13-14,18H,9-12,17H2,1-3H3. The number of rotatable bonds is 5. The first-order valence-corrected chi connectivity index (χ1v) is 7.33. The zero-order valence-electron chi connectivity index (χ0n) is 12.4. The maximum Gasteiger partial charge on any atom is 0.0449 e. The summed E-state index contributed by atoms with van der Waals surface area (Å²) in [5, 5.41) is 3.78. The minimum absolute atomic E-state index is 0.0690. The van der Waals surface area contributed by atoms with Crippen LogP contribution in [0.4, 0.5) is 0 Å². The average molecular weight is 261 g/mol. The fourth-order valence-corrected chi connectivity index (χ4v) is 2.97. The maximum absolute atomic E-state index is 6.07. The van der Waals surface area contributed by atoms with Gasteiger partial charge >= 0.3 is 0 Å². The Bertz CT molecular complexity index is 390. The van der Waals surface area contributed by atoms with Crippen molar-refractivity contribution in [3.8, 4) is 0 Å². The highest BCUT2D eigenvalue weighted by Crippen LogP contribution is 2.26. The van der Waals surface area contributed by atoms with Crippen LogP contribution in [0.2, 0.25) is 0 Å². The Kier molecular flexibility index (Phi) is 4.61. The molecule has 2 atom stereocenters. The summed E-state index contributed by atoms with van der Waals surface area (Å²) in [6.07, 6.45) is 1.14. The van der Waals surface area contributed by atoms with E-state index in [-0.39, 0.29) is 5.54 Å². The van der Waals surface area contributed by atoms with Crippen molar-refractivity contribution in [2.24, 2.45) is 5.73 Å². The van der Waals surface area contributed by atoms with Crippen molar-refractivity contribution in [1.29, 1.82) is 0 Å². The molecule has 1 aromatic carbocycles. The normalized spacial score (nSPS) is 25.9. The van der Waals surface area contributed by atoms with Crippen LogP contribution in [-0.4, -0.2) is 36.1 Å². The Morgan fingerprint density at radius 3 is 2.47 bits per heavy atom. The molecule has 0 spiro atoms. The SMILES string of the molecule is CC(NC1(CN)CCN(C(C)C)C1)c1ccccc1. The van der Waals surface area contributed by atoms with Crippen LogP contribution in [0.3, 0.4) is 0 Å². The molecule has 1 saturated heterocycles. The molecular weight excluding hydrogens is 234 g/mol. The quantitative estimate of drug-likeness (QED) is 0.853. The molecule has 0 aliphatic carbocycles. The smallest absolute Gasteiger partial charge is 0.0449 e. The molecule has 0 saturated carbocycles. The molecular formula is C16H27N3. The van der Waals surface area contributed by atoms with Crippen molar-refractivity contribution in [1.82, 2.24) is 10.2 Å². The van der Waals surface area contributed by atoms with Gasteiger partial charge in [0.1, 0.15) is 0 Å². The summed E-state index contributed by atoms with van der Waals surface area (Å²) in [4.78, 5) is 2.51. The van der Waals surface area contributed by atoms with E-state index >= 15 is 0 Å². The number of likely N-dealkylation sites (tertiary alicyclic amines) is 1. The number of hydrogen-bond donors (Lipinski definition) is 2. The summed E-state index contributed by atoms with van der Waals surface area (Å²) >= 11 is 0. The van der Waals surface area contributed by atoms with E-state index in [4.69, 9.17) is 5.73 Å². The number of hydrogen-bond acceptors (Lipinski definition) is 3. The molecule has 1 aliphatic heterocycles. The fourth-order valence-electron chi connectivity index (χ4n) is 2.97. The van der Waals surface area contributed by atoms with Crippen LogP contribution in [0, 0.1) is 0 Å². The van der Waals surface area contributed by atoms with Crippen LogP contribution in [-0.2, 0) is 0 Å². The molecule has 2 unspecified atom stereocenters. The lowest BCUT2D eigenvalue weighted by molar-refractivity contribution is 0.233. The van der Waals surface area contributed by atoms with E-state index in [9.17, 15) is 0 Å². The Balaban J connectivity index is 2.04. The van der Waals surface area contributed by atoms with E-state index in [1.165, 1.54) is 5.56 Å². The first kappa shape index (κ1) is 14.5. The third kappa shape index (κ3) is 3.35. The van der Waals surface area contributed by atoms with Crippen LogP contribution < -0.4 is 11.1 Å². The molecule has 3 heteroatoms. The van der Waals surface area contributed by atoms with Crippen molar-refractivity contribution in [3.05, 3.63) is 35.9 Å². The van der Waals surface area contributed by atoms with Crippen molar-refractivity contribution >= 4 is 0 Å². The first-order valence-electron chi connectivity index (χ1n) is 7.33. The van der Waals surface area contributed by atoms with Gasteiger partial charge in [-0.3, -0.25) is 4.90 Å². The van der Waals surface area contributed by atoms with Crippen LogP contribution >= 0.6 is 0 Å². The van der Waals surface area contributed by atoms with Crippen LogP contribution in [0.5, 0.6) is 0 Å². The highest BCUT2D eigenvalue weighted by molar-refractivity contribution is 5.19. The second kappa shape index (κ2) is 6.04. The van der Waals surface area contributed by atoms with Gasteiger partial charge in [-0.05, 0) is 32.8 Å². The minimum Gasteiger partial charge on any atom is -0.329 e. The summed E-state index contributed by atoms with van der Waals surface area (Å²) < 4.78 is 0. The molecule has 1 heterocycles. The topological polar surface area (TPSA) is 41.3 Å². The van der Waals surface area contributed by atoms with Crippen molar-refractivity contribution in [2.45, 2.75) is 44.8 Å². The molecule has 1 aliphatic rings. The summed E-state index contributed by atoms with van der Waals surface area (Å²) in [5.41, 5.74) is 7.47. The second-order valence-electron chi connectivity index (χ2n) is 6.08. The summed E-state index contributed by atoms with van der Waals surface area (Å²) in [6.45, 7) is 9.64. The highest BCUT2D eigenvalue weighted by Gasteiger charge is 2.38. The van der Waals surface area contributed by atoms with E-state index in [0.29, 0.717) is 18.6 Å². The molecule has 2 rings (SSSR count). The molecule has 1 fully saturated rings. The van der Waals surface area contributed by atoms with Crippen molar-refractivity contribution in [2.75, 3.05) is 19.6 Å². The number of nitrogens with zero attached hydrogens (tertiary/aromatic N) is 1. The van der Waals surface area contributed by atoms with E-state index in [2.05, 4.69) is 61.3 Å². The van der Waals surface area contributed by atoms with Crippen LogP contribution in [0.25, 0.3) is 0 Å².